The number of amides is 2. The molecule has 0 saturated carbocycles. The molecule has 2 N–H and O–H groups in total. The summed E-state index contributed by atoms with van der Waals surface area (Å²) in [4.78, 5) is 36.3. The number of nitrogens with zero attached hydrogens (tertiary/aromatic N) is 6. The monoisotopic (exact) mass is 630 g/mol. The standard InChI is InChI=1S/C24H20BrClN8O2S2/c1-13-7-15(25)8-17(22(35)32-24-29-10-14(2)37-24)20(13)31-23(36)19-9-16(11-38(3)30-12-27)33-34(19)21-18(26)5-4-6-28-21/h4-10H,11H2,1-3H3,(H,31,36)(H,29,32,35). The number of benzene rings is 1. The van der Waals surface area contributed by atoms with Gasteiger partial charge in [-0.3, -0.25) is 14.9 Å². The quantitative estimate of drug-likeness (QED) is 0.252. The molecule has 38 heavy (non-hydrogen) atoms. The zero-order valence-corrected chi connectivity index (χ0v) is 24.3. The van der Waals surface area contributed by atoms with Crippen LogP contribution in [0.25, 0.3) is 5.82 Å². The van der Waals surface area contributed by atoms with Gasteiger partial charge in [-0.25, -0.2) is 14.6 Å². The summed E-state index contributed by atoms with van der Waals surface area (Å²) in [6.07, 6.45) is 6.81. The molecule has 0 bridgehead atoms. The van der Waals surface area contributed by atoms with Crippen LogP contribution in [0.15, 0.2) is 51.6 Å². The van der Waals surface area contributed by atoms with Crippen LogP contribution in [-0.2, 0) is 16.4 Å². The molecule has 0 aliphatic carbocycles. The Morgan fingerprint density at radius 2 is 2.03 bits per heavy atom. The second-order valence-electron chi connectivity index (χ2n) is 8.01. The Bertz CT molecular complexity index is 1630. The van der Waals surface area contributed by atoms with E-state index in [9.17, 15) is 9.59 Å². The van der Waals surface area contributed by atoms with Crippen LogP contribution in [0.2, 0.25) is 5.02 Å². The third kappa shape index (κ3) is 6.33. The number of aromatic nitrogens is 4. The summed E-state index contributed by atoms with van der Waals surface area (Å²) < 4.78 is 5.87. The lowest BCUT2D eigenvalue weighted by molar-refractivity contribution is 0.101. The SMILES string of the molecule is Cc1cnc(NC(=O)c2cc(Br)cc(C)c2NC(=O)c2cc(CS(C)=NC#N)nn2-c2ncccc2Cl)s1. The van der Waals surface area contributed by atoms with Gasteiger partial charge in [0.05, 0.1) is 22.0 Å². The molecule has 4 aromatic rings. The van der Waals surface area contributed by atoms with Gasteiger partial charge in [-0.15, -0.1) is 11.3 Å². The molecule has 14 heteroatoms. The Kier molecular flexibility index (Phi) is 8.68. The van der Waals surface area contributed by atoms with Gasteiger partial charge in [0.25, 0.3) is 11.8 Å². The first-order chi connectivity index (χ1) is 18.2. The van der Waals surface area contributed by atoms with Crippen molar-refractivity contribution in [1.82, 2.24) is 19.7 Å². The lowest BCUT2D eigenvalue weighted by atomic mass is 10.1. The fourth-order valence-electron chi connectivity index (χ4n) is 3.52. The third-order valence-electron chi connectivity index (χ3n) is 5.11. The molecule has 0 aliphatic heterocycles. The molecule has 3 aromatic heterocycles. The molecule has 0 saturated heterocycles. The van der Waals surface area contributed by atoms with Crippen LogP contribution < -0.4 is 10.6 Å². The molecule has 10 nitrogen and oxygen atoms in total. The van der Waals surface area contributed by atoms with E-state index in [4.69, 9.17) is 16.9 Å². The van der Waals surface area contributed by atoms with Crippen molar-refractivity contribution in [3.63, 3.8) is 0 Å². The molecule has 2 amide bonds. The minimum Gasteiger partial charge on any atom is -0.320 e. The zero-order valence-electron chi connectivity index (χ0n) is 20.3. The van der Waals surface area contributed by atoms with Crippen molar-refractivity contribution in [3.05, 3.63) is 79.6 Å². The number of nitriles is 1. The molecule has 0 spiro atoms. The highest BCUT2D eigenvalue weighted by Gasteiger charge is 2.23. The molecule has 0 fully saturated rings. The minimum absolute atomic E-state index is 0.152. The van der Waals surface area contributed by atoms with Crippen LogP contribution in [0.1, 0.15) is 37.0 Å². The van der Waals surface area contributed by atoms with E-state index in [0.717, 1.165) is 4.88 Å². The number of aryl methyl sites for hydroxylation is 2. The van der Waals surface area contributed by atoms with Gasteiger partial charge in [-0.1, -0.05) is 38.2 Å². The number of hydrogen-bond acceptors (Lipinski definition) is 8. The highest BCUT2D eigenvalue weighted by Crippen LogP contribution is 2.29. The number of rotatable bonds is 7. The number of hydrogen-bond donors (Lipinski definition) is 2. The number of carbonyl (C=O) groups excluding carboxylic acids is 2. The maximum Gasteiger partial charge on any atom is 0.274 e. The Hall–Kier alpha value is -3.44. The largest absolute Gasteiger partial charge is 0.320 e. The smallest absolute Gasteiger partial charge is 0.274 e. The van der Waals surface area contributed by atoms with Crippen LogP contribution in [0.5, 0.6) is 0 Å². The van der Waals surface area contributed by atoms with E-state index >= 15 is 0 Å². The molecular formula is C24H20BrClN8O2S2. The van der Waals surface area contributed by atoms with E-state index in [-0.39, 0.29) is 17.1 Å². The Morgan fingerprint density at radius 3 is 2.71 bits per heavy atom. The number of thiazole rings is 1. The van der Waals surface area contributed by atoms with Crippen LogP contribution in [0.4, 0.5) is 10.8 Å². The average molecular weight is 632 g/mol. The van der Waals surface area contributed by atoms with E-state index in [1.165, 1.54) is 16.0 Å². The maximum atomic E-state index is 13.6. The minimum atomic E-state index is -0.623. The maximum absolute atomic E-state index is 13.6. The van der Waals surface area contributed by atoms with Crippen molar-refractivity contribution in [2.75, 3.05) is 16.9 Å². The summed E-state index contributed by atoms with van der Waals surface area (Å²) in [6, 6.07) is 8.34. The fourth-order valence-corrected chi connectivity index (χ4v) is 5.72. The lowest BCUT2D eigenvalue weighted by Gasteiger charge is -2.15. The number of anilines is 2. The molecule has 1 aromatic carbocycles. The van der Waals surface area contributed by atoms with E-state index < -0.39 is 22.5 Å². The Balaban J connectivity index is 1.73. The Morgan fingerprint density at radius 1 is 1.24 bits per heavy atom. The van der Waals surface area contributed by atoms with E-state index in [2.05, 4.69) is 46.0 Å². The number of nitrogens with one attached hydrogen (secondary N) is 2. The zero-order chi connectivity index (χ0) is 27.4. The van der Waals surface area contributed by atoms with Gasteiger partial charge in [0.1, 0.15) is 5.69 Å². The van der Waals surface area contributed by atoms with Crippen LogP contribution >= 0.6 is 38.9 Å². The molecule has 1 atom stereocenters. The predicted molar refractivity (Wildman–Crippen MR) is 153 cm³/mol. The highest BCUT2D eigenvalue weighted by atomic mass is 79.9. The second kappa shape index (κ2) is 12.0. The van der Waals surface area contributed by atoms with Crippen LogP contribution in [-0.4, -0.2) is 37.8 Å². The van der Waals surface area contributed by atoms with Gasteiger partial charge in [0.15, 0.2) is 10.9 Å². The number of pyridine rings is 1. The Labute approximate surface area is 238 Å². The third-order valence-corrected chi connectivity index (χ3v) is 7.80. The van der Waals surface area contributed by atoms with Crippen LogP contribution in [0, 0.1) is 25.3 Å². The van der Waals surface area contributed by atoms with Crippen molar-refractivity contribution in [2.24, 2.45) is 4.36 Å². The average Bonchev–Trinajstić information content (AvgIpc) is 3.46. The molecule has 3 heterocycles. The summed E-state index contributed by atoms with van der Waals surface area (Å²) in [5, 5.41) is 19.8. The summed E-state index contributed by atoms with van der Waals surface area (Å²) in [5.74, 6) is -0.329. The topological polar surface area (TPSA) is 138 Å². The van der Waals surface area contributed by atoms with Gasteiger partial charge in [0, 0.05) is 27.5 Å². The number of carbonyl (C=O) groups is 2. The summed E-state index contributed by atoms with van der Waals surface area (Å²) in [5.41, 5.74) is 1.94. The van der Waals surface area contributed by atoms with Gasteiger partial charge in [-0.2, -0.15) is 14.7 Å². The van der Waals surface area contributed by atoms with E-state index in [1.807, 2.05) is 6.92 Å². The molecule has 0 radical (unpaired) electrons. The molecule has 194 valence electrons. The van der Waals surface area contributed by atoms with Crippen LogP contribution in [0.3, 0.4) is 0 Å². The van der Waals surface area contributed by atoms with Crippen molar-refractivity contribution >= 4 is 72.2 Å². The van der Waals surface area contributed by atoms with Crippen molar-refractivity contribution in [3.8, 4) is 12.0 Å². The lowest BCUT2D eigenvalue weighted by Crippen LogP contribution is -2.21. The van der Waals surface area contributed by atoms with Crippen molar-refractivity contribution < 1.29 is 9.59 Å². The van der Waals surface area contributed by atoms with Crippen molar-refractivity contribution in [2.45, 2.75) is 19.6 Å². The first-order valence-corrected chi connectivity index (χ1v) is 14.7. The van der Waals surface area contributed by atoms with E-state index in [1.54, 1.807) is 62.1 Å². The summed E-state index contributed by atoms with van der Waals surface area (Å²) in [6.45, 7) is 3.68. The van der Waals surface area contributed by atoms with Gasteiger partial charge < -0.3 is 5.32 Å². The van der Waals surface area contributed by atoms with Gasteiger partial charge in [0.2, 0.25) is 6.19 Å². The molecule has 4 rings (SSSR count). The van der Waals surface area contributed by atoms with Gasteiger partial charge in [-0.05, 0) is 56.0 Å². The van der Waals surface area contributed by atoms with E-state index in [0.29, 0.717) is 37.3 Å². The second-order valence-corrected chi connectivity index (χ2v) is 12.2. The molecule has 0 aliphatic rings. The normalized spacial score (nSPS) is 11.7. The number of halogens is 2. The fraction of sp³-hybridized carbons (Fsp3) is 0.167. The molecule has 1 unspecified atom stereocenters. The summed E-state index contributed by atoms with van der Waals surface area (Å²) >= 11 is 11.1. The highest BCUT2D eigenvalue weighted by molar-refractivity contribution is 9.10. The first kappa shape index (κ1) is 27.6. The van der Waals surface area contributed by atoms with Crippen molar-refractivity contribution in [1.29, 1.82) is 5.26 Å². The summed E-state index contributed by atoms with van der Waals surface area (Å²) in [7, 11) is -0.623. The first-order valence-electron chi connectivity index (χ1n) is 10.9. The predicted octanol–water partition coefficient (Wildman–Crippen LogP) is 5.67. The molecular weight excluding hydrogens is 612 g/mol. The van der Waals surface area contributed by atoms with Gasteiger partial charge >= 0.3 is 0 Å².